The van der Waals surface area contributed by atoms with Gasteiger partial charge in [0.25, 0.3) is 5.91 Å². The van der Waals surface area contributed by atoms with Crippen molar-refractivity contribution in [2.75, 3.05) is 33.1 Å². The van der Waals surface area contributed by atoms with Crippen molar-refractivity contribution in [1.82, 2.24) is 19.8 Å². The molecule has 202 valence electrons. The monoisotopic (exact) mass is 538 g/mol. The molecule has 1 saturated heterocycles. The number of likely N-dealkylation sites (N-methyl/N-ethyl adjacent to an activating group) is 1. The first kappa shape index (κ1) is 27.5. The summed E-state index contributed by atoms with van der Waals surface area (Å²) in [6, 6.07) is 9.09. The molecule has 0 saturated carbocycles. The van der Waals surface area contributed by atoms with E-state index < -0.39 is 17.7 Å². The Morgan fingerprint density at radius 2 is 1.97 bits per heavy atom. The number of carbonyl (C=O) groups excluding carboxylic acids is 3. The third-order valence-corrected chi connectivity index (χ3v) is 8.08. The number of pyridine rings is 1. The van der Waals surface area contributed by atoms with Crippen LogP contribution in [0.25, 0.3) is 10.2 Å². The molecule has 3 atom stereocenters. The third-order valence-electron chi connectivity index (χ3n) is 7.03. The van der Waals surface area contributed by atoms with Crippen LogP contribution in [-0.4, -0.2) is 71.3 Å². The molecular weight excluding hydrogens is 504 g/mol. The number of carbonyl (C=O) groups is 3. The van der Waals surface area contributed by atoms with Crippen LogP contribution in [0.15, 0.2) is 30.3 Å². The second-order valence-corrected chi connectivity index (χ2v) is 11.2. The van der Waals surface area contributed by atoms with E-state index in [-0.39, 0.29) is 29.2 Å². The van der Waals surface area contributed by atoms with Gasteiger partial charge in [-0.15, -0.1) is 11.3 Å². The van der Waals surface area contributed by atoms with Crippen LogP contribution in [-0.2, 0) is 16.0 Å². The molecule has 4 rings (SSSR count). The number of nitrogens with one attached hydrogen (secondary N) is 1. The predicted molar refractivity (Wildman–Crippen MR) is 147 cm³/mol. The fourth-order valence-corrected chi connectivity index (χ4v) is 5.67. The summed E-state index contributed by atoms with van der Waals surface area (Å²) in [5, 5.41) is 3.62. The molecule has 0 unspecified atom stereocenters. The number of anilines is 1. The van der Waals surface area contributed by atoms with Gasteiger partial charge in [0, 0.05) is 19.0 Å². The number of thiazole rings is 1. The van der Waals surface area contributed by atoms with Crippen molar-refractivity contribution < 1.29 is 19.1 Å². The second kappa shape index (κ2) is 11.4. The number of fused-ring (bicyclic) bond motifs is 1. The molecule has 1 fully saturated rings. The number of benzene rings is 1. The highest BCUT2D eigenvalue weighted by molar-refractivity contribution is 7.18. The number of amides is 3. The van der Waals surface area contributed by atoms with Gasteiger partial charge >= 0.3 is 11.8 Å². The van der Waals surface area contributed by atoms with Gasteiger partial charge in [-0.05, 0) is 69.6 Å². The maximum Gasteiger partial charge on any atom is 0.315 e. The topological polar surface area (TPSA) is 131 Å². The minimum atomic E-state index is -0.805. The number of methoxy groups -OCH3 is 1. The van der Waals surface area contributed by atoms with Crippen molar-refractivity contribution in [3.63, 3.8) is 0 Å². The van der Waals surface area contributed by atoms with Crippen molar-refractivity contribution in [2.24, 2.45) is 11.7 Å². The fraction of sp³-hybridized carbons (Fsp3) is 0.444. The summed E-state index contributed by atoms with van der Waals surface area (Å²) in [6.07, 6.45) is 2.57. The van der Waals surface area contributed by atoms with Gasteiger partial charge in [0.05, 0.1) is 28.4 Å². The standard InChI is InChI=1S/C27H34N6O4S/c1-15-6-9-20(17-7-10-21-19(13-17)29-23(38-21)12-16(2)32(3)4)33(14-15)27(36)25(35)30-22-11-8-18(24(28)34)26(31-22)37-5/h7-8,10-11,13,15-16,20H,6,9,12,14H2,1-5H3,(H2,28,34)(H,30,31,35)/t15-,16-,20+/m0/s1. The van der Waals surface area contributed by atoms with Crippen LogP contribution in [0.1, 0.15) is 53.7 Å². The maximum absolute atomic E-state index is 13.4. The van der Waals surface area contributed by atoms with Crippen molar-refractivity contribution in [2.45, 2.75) is 45.2 Å². The highest BCUT2D eigenvalue weighted by Crippen LogP contribution is 2.36. The lowest BCUT2D eigenvalue weighted by Crippen LogP contribution is -2.46. The quantitative estimate of drug-likeness (QED) is 0.442. The number of nitrogens with two attached hydrogens (primary N) is 1. The Hall–Kier alpha value is -3.57. The number of hydrogen-bond acceptors (Lipinski definition) is 8. The predicted octanol–water partition coefficient (Wildman–Crippen LogP) is 3.23. The SMILES string of the molecule is COc1nc(NC(=O)C(=O)N2C[C@@H](C)CC[C@@H]2c2ccc3sc(C[C@H](C)N(C)C)nc3c2)ccc1C(N)=O. The Morgan fingerprint density at radius 3 is 2.66 bits per heavy atom. The molecule has 1 aliphatic rings. The highest BCUT2D eigenvalue weighted by Gasteiger charge is 2.34. The van der Waals surface area contributed by atoms with Crippen molar-refractivity contribution >= 4 is 45.1 Å². The molecule has 3 amide bonds. The van der Waals surface area contributed by atoms with Crippen LogP contribution in [0.5, 0.6) is 5.88 Å². The molecule has 1 aromatic carbocycles. The van der Waals surface area contributed by atoms with Crippen LogP contribution in [0, 0.1) is 5.92 Å². The van der Waals surface area contributed by atoms with Crippen LogP contribution in [0.2, 0.25) is 0 Å². The van der Waals surface area contributed by atoms with E-state index in [9.17, 15) is 14.4 Å². The Labute approximate surface area is 226 Å². The first-order chi connectivity index (χ1) is 18.1. The molecule has 1 aliphatic heterocycles. The second-order valence-electron chi connectivity index (χ2n) is 10.1. The lowest BCUT2D eigenvalue weighted by Gasteiger charge is -2.38. The largest absolute Gasteiger partial charge is 0.480 e. The van der Waals surface area contributed by atoms with Crippen LogP contribution >= 0.6 is 11.3 Å². The number of aromatic nitrogens is 2. The number of nitrogens with zero attached hydrogens (tertiary/aromatic N) is 4. The Bertz CT molecular complexity index is 1360. The number of ether oxygens (including phenoxy) is 1. The third kappa shape index (κ3) is 5.94. The Balaban J connectivity index is 1.55. The molecule has 0 bridgehead atoms. The molecule has 0 radical (unpaired) electrons. The smallest absolute Gasteiger partial charge is 0.315 e. The summed E-state index contributed by atoms with van der Waals surface area (Å²) in [6.45, 7) is 4.72. The van der Waals surface area contributed by atoms with E-state index in [1.807, 2.05) is 12.1 Å². The van der Waals surface area contributed by atoms with E-state index >= 15 is 0 Å². The summed E-state index contributed by atoms with van der Waals surface area (Å²) in [5.41, 5.74) is 7.29. The molecule has 0 aliphatic carbocycles. The van der Waals surface area contributed by atoms with Gasteiger partial charge in [0.1, 0.15) is 11.4 Å². The van der Waals surface area contributed by atoms with Crippen molar-refractivity contribution in [1.29, 1.82) is 0 Å². The summed E-state index contributed by atoms with van der Waals surface area (Å²) in [4.78, 5) is 50.7. The van der Waals surface area contributed by atoms with Crippen molar-refractivity contribution in [3.05, 3.63) is 46.5 Å². The minimum Gasteiger partial charge on any atom is -0.480 e. The number of likely N-dealkylation sites (tertiary alicyclic amines) is 1. The first-order valence-corrected chi connectivity index (χ1v) is 13.4. The zero-order valence-corrected chi connectivity index (χ0v) is 23.2. The van der Waals surface area contributed by atoms with E-state index in [1.54, 1.807) is 16.2 Å². The Morgan fingerprint density at radius 1 is 1.21 bits per heavy atom. The van der Waals surface area contributed by atoms with Gasteiger partial charge < -0.3 is 25.6 Å². The lowest BCUT2D eigenvalue weighted by molar-refractivity contribution is -0.146. The van der Waals surface area contributed by atoms with Crippen LogP contribution in [0.3, 0.4) is 0 Å². The summed E-state index contributed by atoms with van der Waals surface area (Å²) < 4.78 is 6.20. The van der Waals surface area contributed by atoms with E-state index in [0.29, 0.717) is 12.6 Å². The number of piperidine rings is 1. The van der Waals surface area contributed by atoms with Crippen molar-refractivity contribution in [3.8, 4) is 5.88 Å². The summed E-state index contributed by atoms with van der Waals surface area (Å²) in [5.74, 6) is -1.82. The summed E-state index contributed by atoms with van der Waals surface area (Å²) in [7, 11) is 5.46. The van der Waals surface area contributed by atoms with Crippen LogP contribution < -0.4 is 15.8 Å². The zero-order chi connectivity index (χ0) is 27.6. The zero-order valence-electron chi connectivity index (χ0n) is 22.4. The van der Waals surface area contributed by atoms with Gasteiger partial charge in [-0.3, -0.25) is 14.4 Å². The van der Waals surface area contributed by atoms with Gasteiger partial charge in [-0.2, -0.15) is 4.98 Å². The number of primary amides is 1. The Kier molecular flexibility index (Phi) is 8.27. The maximum atomic E-state index is 13.4. The highest BCUT2D eigenvalue weighted by atomic mass is 32.1. The summed E-state index contributed by atoms with van der Waals surface area (Å²) >= 11 is 1.69. The van der Waals surface area contributed by atoms with E-state index in [1.165, 1.54) is 19.2 Å². The lowest BCUT2D eigenvalue weighted by atomic mass is 9.89. The molecule has 3 heterocycles. The molecule has 0 spiro atoms. The van der Waals surface area contributed by atoms with E-state index in [0.717, 1.165) is 40.1 Å². The number of rotatable bonds is 7. The molecule has 3 aromatic rings. The number of hydrogen-bond donors (Lipinski definition) is 2. The molecule has 10 nitrogen and oxygen atoms in total. The van der Waals surface area contributed by atoms with Gasteiger partial charge in [0.15, 0.2) is 0 Å². The minimum absolute atomic E-state index is 0.0249. The van der Waals surface area contributed by atoms with Gasteiger partial charge in [-0.1, -0.05) is 13.0 Å². The molecule has 2 aromatic heterocycles. The van der Waals surface area contributed by atoms with Gasteiger partial charge in [0.2, 0.25) is 5.88 Å². The normalized spacial score (nSPS) is 18.4. The average Bonchev–Trinajstić information content (AvgIpc) is 3.29. The van der Waals surface area contributed by atoms with Gasteiger partial charge in [-0.25, -0.2) is 4.98 Å². The van der Waals surface area contributed by atoms with E-state index in [4.69, 9.17) is 15.5 Å². The fourth-order valence-electron chi connectivity index (χ4n) is 4.60. The van der Waals surface area contributed by atoms with E-state index in [2.05, 4.69) is 49.2 Å². The van der Waals surface area contributed by atoms with Crippen LogP contribution in [0.4, 0.5) is 5.82 Å². The molecule has 11 heteroatoms. The average molecular weight is 539 g/mol. The molecule has 38 heavy (non-hydrogen) atoms. The molecule has 3 N–H and O–H groups in total. The molecular formula is C27H34N6O4S. The first-order valence-electron chi connectivity index (χ1n) is 12.6.